The summed E-state index contributed by atoms with van der Waals surface area (Å²) in [5.41, 5.74) is 40.2. The van der Waals surface area contributed by atoms with Crippen LogP contribution in [-0.4, -0.2) is 169 Å². The molecule has 0 aromatic heterocycles. The number of aliphatic hydroxyl groups is 1. The van der Waals surface area contributed by atoms with Gasteiger partial charge >= 0.3 is 5.97 Å². The largest absolute Gasteiger partial charge is 0.477 e. The summed E-state index contributed by atoms with van der Waals surface area (Å²) in [5.74, 6) is -7.86. The Balaban J connectivity index is 2.25. The number of aryl methyl sites for hydroxylation is 1. The number of aliphatic imine (C=N–C) groups is 1. The summed E-state index contributed by atoms with van der Waals surface area (Å²) in [6.45, 7) is 3.08. The summed E-state index contributed by atoms with van der Waals surface area (Å²) in [5, 5.41) is 37.8. The van der Waals surface area contributed by atoms with Crippen molar-refractivity contribution in [3.63, 3.8) is 0 Å². The molecule has 1 aromatic carbocycles. The standard InChI is InChI=1S/C47H80N16O11/c1-27-11-7-12-29(23-27)24-34(42(69)59-31(14-4-6-19-49)41(68)60-33(46(73)74)16-9-21-55-47(53)54)61-43(70)35-17-10-22-63(35)45(72)32(15-8-20-50)58-37(65)26-56-39(66)28(2)57-44(71)38(36(64)25-51)62-40(67)30(52)13-3-5-18-48/h7,11-12,16,23,28,30-32,34-36,38,64H,3-6,8-10,13-15,17-22,24-26,48-52H2,1-2H3,(H,56,66)(H,57,71)(H,58,65)(H,59,69)(H,60,68)(H,61,70)(H,62,67)(H,73,74)(H4,53,54,55)/b33-16-/t28?,30?,31-,32+,34-,35-,36-,38-/m0/s1. The van der Waals surface area contributed by atoms with Gasteiger partial charge in [0, 0.05) is 26.1 Å². The fraction of sp³-hybridized carbons (Fsp3) is 0.617. The summed E-state index contributed by atoms with van der Waals surface area (Å²) in [6, 6.07) is -1.52. The van der Waals surface area contributed by atoms with Gasteiger partial charge in [0.1, 0.15) is 41.9 Å². The first-order valence-electron chi connectivity index (χ1n) is 24.9. The fourth-order valence-electron chi connectivity index (χ4n) is 7.79. The Kier molecular flexibility index (Phi) is 29.0. The van der Waals surface area contributed by atoms with Gasteiger partial charge in [-0.3, -0.25) is 43.3 Å². The van der Waals surface area contributed by atoms with Gasteiger partial charge in [-0.05, 0) is 103 Å². The second kappa shape index (κ2) is 33.9. The molecule has 1 aliphatic rings. The molecule has 1 aromatic rings. The summed E-state index contributed by atoms with van der Waals surface area (Å²) < 4.78 is 0. The predicted octanol–water partition coefficient (Wildman–Crippen LogP) is -5.52. The lowest BCUT2D eigenvalue weighted by Gasteiger charge is -2.30. The number of nitrogens with two attached hydrogens (primary N) is 7. The topological polar surface area (TPSA) is 476 Å². The van der Waals surface area contributed by atoms with Crippen molar-refractivity contribution < 1.29 is 53.4 Å². The highest BCUT2D eigenvalue weighted by molar-refractivity contribution is 5.99. The minimum Gasteiger partial charge on any atom is -0.477 e. The molecule has 8 amide bonds. The maximum Gasteiger partial charge on any atom is 0.352 e. The number of carboxylic acid groups (broad SMARTS) is 1. The van der Waals surface area contributed by atoms with Crippen molar-refractivity contribution in [3.05, 3.63) is 47.2 Å². The molecule has 1 aliphatic heterocycles. The number of carboxylic acids is 1. The van der Waals surface area contributed by atoms with Crippen molar-refractivity contribution in [3.8, 4) is 0 Å². The first-order chi connectivity index (χ1) is 35.2. The molecular formula is C47H80N16O11. The van der Waals surface area contributed by atoms with Crippen LogP contribution in [0.1, 0.15) is 88.7 Å². The number of unbranched alkanes of at least 4 members (excludes halogenated alkanes) is 2. The molecule has 1 saturated heterocycles. The monoisotopic (exact) mass is 1040 g/mol. The Hall–Kier alpha value is -6.78. The van der Waals surface area contributed by atoms with Crippen LogP contribution < -0.4 is 77.4 Å². The number of carbonyl (C=O) groups is 9. The number of hydrogen-bond donors (Lipinski definition) is 16. The van der Waals surface area contributed by atoms with Crippen LogP contribution in [0.15, 0.2) is 41.0 Å². The molecule has 2 unspecified atom stereocenters. The minimum absolute atomic E-state index is 0.0389. The second-order valence-corrected chi connectivity index (χ2v) is 18.0. The van der Waals surface area contributed by atoms with Crippen LogP contribution in [0.2, 0.25) is 0 Å². The van der Waals surface area contributed by atoms with Crippen LogP contribution in [0.3, 0.4) is 0 Å². The minimum atomic E-state index is -1.56. The summed E-state index contributed by atoms with van der Waals surface area (Å²) in [7, 11) is 0. The van der Waals surface area contributed by atoms with E-state index in [9.17, 15) is 53.4 Å². The van der Waals surface area contributed by atoms with Crippen molar-refractivity contribution in [1.82, 2.24) is 42.1 Å². The fourth-order valence-corrected chi connectivity index (χ4v) is 7.79. The van der Waals surface area contributed by atoms with E-state index in [1.54, 1.807) is 12.1 Å². The van der Waals surface area contributed by atoms with Gasteiger partial charge in [0.2, 0.25) is 47.3 Å². The van der Waals surface area contributed by atoms with Gasteiger partial charge in [0.05, 0.1) is 18.7 Å². The number of hydrogen-bond acceptors (Lipinski definition) is 16. The van der Waals surface area contributed by atoms with E-state index in [4.69, 9.17) is 40.1 Å². The zero-order valence-electron chi connectivity index (χ0n) is 42.4. The van der Waals surface area contributed by atoms with E-state index in [1.165, 1.54) is 17.9 Å². The Morgan fingerprint density at radius 2 is 1.45 bits per heavy atom. The molecule has 0 radical (unpaired) electrons. The Labute approximate surface area is 431 Å². The van der Waals surface area contributed by atoms with Crippen molar-refractivity contribution in [1.29, 1.82) is 0 Å². The van der Waals surface area contributed by atoms with E-state index in [2.05, 4.69) is 42.2 Å². The van der Waals surface area contributed by atoms with E-state index in [0.29, 0.717) is 44.2 Å². The number of likely N-dealkylation sites (tertiary alicyclic amines) is 1. The lowest BCUT2D eigenvalue weighted by atomic mass is 10.0. The molecule has 0 bridgehead atoms. The van der Waals surface area contributed by atoms with Gasteiger partial charge in [-0.1, -0.05) is 42.3 Å². The smallest absolute Gasteiger partial charge is 0.352 e. The molecule has 1 heterocycles. The van der Waals surface area contributed by atoms with Crippen LogP contribution in [0.25, 0.3) is 0 Å². The lowest BCUT2D eigenvalue weighted by molar-refractivity contribution is -0.142. The maximum absolute atomic E-state index is 14.2. The number of amides is 8. The van der Waals surface area contributed by atoms with Crippen LogP contribution in [-0.2, 0) is 49.6 Å². The quantitative estimate of drug-likeness (QED) is 0.0132. The molecule has 2 rings (SSSR count). The maximum atomic E-state index is 14.2. The molecule has 0 aliphatic carbocycles. The van der Waals surface area contributed by atoms with Gasteiger partial charge in [-0.15, -0.1) is 0 Å². The third kappa shape index (κ3) is 22.5. The number of benzene rings is 1. The van der Waals surface area contributed by atoms with Crippen molar-refractivity contribution >= 4 is 59.2 Å². The zero-order valence-corrected chi connectivity index (χ0v) is 42.4. The average Bonchev–Trinajstić information content (AvgIpc) is 3.86. The average molecular weight is 1050 g/mol. The SMILES string of the molecule is Cc1cccc(C[C@H](NC(=O)[C@@H]2CCCN2C(=O)[C@@H](CCCN)NC(=O)CNC(=O)C(C)NC(=O)[C@@H](NC(=O)C(N)CCCCN)[C@@H](O)CN)C(=O)N[C@@H](CCCCN)C(=O)N/C(=C\CCN=C(N)N)C(=O)O)c1. The molecule has 1 fully saturated rings. The molecule has 0 spiro atoms. The molecule has 27 nitrogen and oxygen atoms in total. The van der Waals surface area contributed by atoms with Crippen LogP contribution in [0, 0.1) is 6.92 Å². The van der Waals surface area contributed by atoms with E-state index >= 15 is 0 Å². The highest BCUT2D eigenvalue weighted by Crippen LogP contribution is 2.21. The molecular weight excluding hydrogens is 965 g/mol. The van der Waals surface area contributed by atoms with Gasteiger partial charge in [0.15, 0.2) is 5.96 Å². The Bertz CT molecular complexity index is 2110. The highest BCUT2D eigenvalue weighted by Gasteiger charge is 2.39. The Morgan fingerprint density at radius 1 is 0.784 bits per heavy atom. The molecule has 27 heteroatoms. The van der Waals surface area contributed by atoms with Crippen LogP contribution in [0.4, 0.5) is 0 Å². The molecule has 414 valence electrons. The number of rotatable bonds is 34. The molecule has 8 atom stereocenters. The summed E-state index contributed by atoms with van der Waals surface area (Å²) in [6.07, 6.45) is 3.01. The molecule has 23 N–H and O–H groups in total. The summed E-state index contributed by atoms with van der Waals surface area (Å²) in [4.78, 5) is 126. The zero-order chi connectivity index (χ0) is 55.3. The third-order valence-corrected chi connectivity index (χ3v) is 11.9. The van der Waals surface area contributed by atoms with Gasteiger partial charge in [-0.25, -0.2) is 4.79 Å². The van der Waals surface area contributed by atoms with Crippen LogP contribution >= 0.6 is 0 Å². The molecule has 0 saturated carbocycles. The van der Waals surface area contributed by atoms with Gasteiger partial charge in [0.25, 0.3) is 0 Å². The van der Waals surface area contributed by atoms with Crippen molar-refractivity contribution in [2.24, 2.45) is 45.1 Å². The van der Waals surface area contributed by atoms with E-state index in [-0.39, 0.29) is 77.1 Å². The van der Waals surface area contributed by atoms with Crippen molar-refractivity contribution in [2.45, 2.75) is 139 Å². The van der Waals surface area contributed by atoms with E-state index < -0.39 is 120 Å². The Morgan fingerprint density at radius 3 is 2.07 bits per heavy atom. The number of aliphatic carboxylic acids is 1. The lowest BCUT2D eigenvalue weighted by Crippen LogP contribution is -2.60. The number of guanidine groups is 1. The van der Waals surface area contributed by atoms with Crippen molar-refractivity contribution in [2.75, 3.05) is 45.8 Å². The highest BCUT2D eigenvalue weighted by atomic mass is 16.4. The van der Waals surface area contributed by atoms with E-state index in [0.717, 1.165) is 5.56 Å². The molecule has 74 heavy (non-hydrogen) atoms. The third-order valence-electron chi connectivity index (χ3n) is 11.9. The van der Waals surface area contributed by atoms with Gasteiger partial charge < -0.3 is 92.5 Å². The first-order valence-corrected chi connectivity index (χ1v) is 24.9. The normalized spacial score (nSPS) is 16.2. The predicted molar refractivity (Wildman–Crippen MR) is 274 cm³/mol. The van der Waals surface area contributed by atoms with Gasteiger partial charge in [-0.2, -0.15) is 0 Å². The van der Waals surface area contributed by atoms with E-state index in [1.807, 2.05) is 19.1 Å². The number of aliphatic hydroxyl groups excluding tert-OH is 1. The number of nitrogens with one attached hydrogen (secondary N) is 7. The number of nitrogens with zero attached hydrogens (tertiary/aromatic N) is 2. The number of carbonyl (C=O) groups excluding carboxylic acids is 8. The van der Waals surface area contributed by atoms with Crippen LogP contribution in [0.5, 0.6) is 0 Å². The summed E-state index contributed by atoms with van der Waals surface area (Å²) >= 11 is 0. The second-order valence-electron chi connectivity index (χ2n) is 18.0. The first kappa shape index (κ1) is 63.3.